The highest BCUT2D eigenvalue weighted by Crippen LogP contribution is 2.24. The number of hydrazone groups is 1. The molecule has 0 spiro atoms. The first-order valence-corrected chi connectivity index (χ1v) is 10.8. The van der Waals surface area contributed by atoms with E-state index in [9.17, 15) is 4.79 Å². The van der Waals surface area contributed by atoms with Gasteiger partial charge in [-0.25, -0.2) is 5.43 Å². The minimum Gasteiger partial charge on any atom is -0.496 e. The monoisotopic (exact) mass is 565 g/mol. The van der Waals surface area contributed by atoms with Gasteiger partial charge in [-0.1, -0.05) is 15.9 Å². The van der Waals surface area contributed by atoms with Crippen LogP contribution in [0.25, 0.3) is 5.69 Å². The predicted molar refractivity (Wildman–Crippen MR) is 128 cm³/mol. The van der Waals surface area contributed by atoms with Crippen LogP contribution >= 0.6 is 38.5 Å². The van der Waals surface area contributed by atoms with Crippen molar-refractivity contribution in [2.24, 2.45) is 5.10 Å². The number of hydrogen-bond donors (Lipinski definition) is 1. The van der Waals surface area contributed by atoms with E-state index in [1.54, 1.807) is 18.3 Å². The molecular formula is C22H21BrIN3O2. The molecule has 29 heavy (non-hydrogen) atoms. The van der Waals surface area contributed by atoms with Crippen LogP contribution in [0.3, 0.4) is 0 Å². The van der Waals surface area contributed by atoms with Crippen molar-refractivity contribution < 1.29 is 9.53 Å². The molecule has 0 fully saturated rings. The van der Waals surface area contributed by atoms with E-state index in [1.165, 1.54) is 16.2 Å². The van der Waals surface area contributed by atoms with Crippen molar-refractivity contribution in [1.82, 2.24) is 9.99 Å². The topological polar surface area (TPSA) is 55.6 Å². The molecule has 0 bridgehead atoms. The molecule has 1 aromatic heterocycles. The third kappa shape index (κ3) is 4.72. The number of aromatic nitrogens is 1. The molecule has 0 unspecified atom stereocenters. The molecule has 3 rings (SSSR count). The van der Waals surface area contributed by atoms with Gasteiger partial charge in [0.25, 0.3) is 5.91 Å². The second-order valence-corrected chi connectivity index (χ2v) is 8.72. The fourth-order valence-electron chi connectivity index (χ4n) is 3.16. The molecule has 0 saturated heterocycles. The highest BCUT2D eigenvalue weighted by molar-refractivity contribution is 14.1. The van der Waals surface area contributed by atoms with Gasteiger partial charge in [0.05, 0.1) is 18.9 Å². The van der Waals surface area contributed by atoms with Crippen molar-refractivity contribution in [2.45, 2.75) is 20.8 Å². The summed E-state index contributed by atoms with van der Waals surface area (Å²) in [5, 5.41) is 4.15. The first-order valence-electron chi connectivity index (χ1n) is 8.94. The number of amides is 1. The zero-order chi connectivity index (χ0) is 21.1. The molecule has 150 valence electrons. The second kappa shape index (κ2) is 9.13. The molecule has 0 aliphatic carbocycles. The van der Waals surface area contributed by atoms with E-state index in [0.717, 1.165) is 27.1 Å². The molecule has 0 aliphatic rings. The summed E-state index contributed by atoms with van der Waals surface area (Å²) in [5.41, 5.74) is 8.45. The number of halogens is 2. The maximum absolute atomic E-state index is 12.5. The minimum atomic E-state index is -0.332. The smallest absolute Gasteiger partial charge is 0.275 e. The zero-order valence-electron chi connectivity index (χ0n) is 16.6. The Morgan fingerprint density at radius 2 is 1.93 bits per heavy atom. The standard InChI is InChI=1S/C22H21BrIN3O2/c1-13-9-18(6-7-20(13)24)27-14(2)10-16(15(27)3)12-25-26-22(28)19-11-17(23)5-8-21(19)29-4/h5-12H,1-4H3,(H,26,28)/b25-12-. The normalized spacial score (nSPS) is 11.1. The summed E-state index contributed by atoms with van der Waals surface area (Å²) in [4.78, 5) is 12.5. The van der Waals surface area contributed by atoms with Crippen LogP contribution in [0.1, 0.15) is 32.9 Å². The molecule has 5 nitrogen and oxygen atoms in total. The summed E-state index contributed by atoms with van der Waals surface area (Å²) in [6, 6.07) is 13.7. The third-order valence-corrected chi connectivity index (χ3v) is 6.35. The SMILES string of the molecule is COc1ccc(Br)cc1C(=O)N/N=C\c1cc(C)n(-c2ccc(I)c(C)c2)c1C. The van der Waals surface area contributed by atoms with Gasteiger partial charge >= 0.3 is 0 Å². The Labute approximate surface area is 192 Å². The number of aryl methyl sites for hydroxylation is 2. The lowest BCUT2D eigenvalue weighted by Gasteiger charge is -2.11. The first-order chi connectivity index (χ1) is 13.8. The lowest BCUT2D eigenvalue weighted by atomic mass is 10.2. The average molecular weight is 566 g/mol. The van der Waals surface area contributed by atoms with E-state index in [1.807, 2.05) is 13.0 Å². The molecule has 0 radical (unpaired) electrons. The number of nitrogens with one attached hydrogen (secondary N) is 1. The quantitative estimate of drug-likeness (QED) is 0.251. The van der Waals surface area contributed by atoms with E-state index < -0.39 is 0 Å². The van der Waals surface area contributed by atoms with Gasteiger partial charge in [-0.3, -0.25) is 4.79 Å². The number of rotatable bonds is 5. The molecule has 0 saturated carbocycles. The molecule has 3 aromatic rings. The number of benzene rings is 2. The Morgan fingerprint density at radius 3 is 2.62 bits per heavy atom. The number of ether oxygens (including phenoxy) is 1. The Morgan fingerprint density at radius 1 is 1.17 bits per heavy atom. The summed E-state index contributed by atoms with van der Waals surface area (Å²) < 4.78 is 9.47. The van der Waals surface area contributed by atoms with Crippen LogP contribution in [0.2, 0.25) is 0 Å². The van der Waals surface area contributed by atoms with E-state index in [2.05, 4.69) is 91.7 Å². The largest absolute Gasteiger partial charge is 0.496 e. The molecule has 1 amide bonds. The van der Waals surface area contributed by atoms with Crippen LogP contribution in [0, 0.1) is 24.3 Å². The maximum Gasteiger partial charge on any atom is 0.275 e. The lowest BCUT2D eigenvalue weighted by molar-refractivity contribution is 0.0952. The summed E-state index contributed by atoms with van der Waals surface area (Å²) in [5.74, 6) is 0.162. The van der Waals surface area contributed by atoms with Crippen LogP contribution in [-0.2, 0) is 0 Å². The van der Waals surface area contributed by atoms with Crippen molar-refractivity contribution in [1.29, 1.82) is 0 Å². The van der Waals surface area contributed by atoms with Gasteiger partial charge in [0.15, 0.2) is 0 Å². The maximum atomic E-state index is 12.5. The minimum absolute atomic E-state index is 0.332. The number of hydrogen-bond acceptors (Lipinski definition) is 3. The molecule has 2 aromatic carbocycles. The van der Waals surface area contributed by atoms with Gasteiger partial charge < -0.3 is 9.30 Å². The Hall–Kier alpha value is -2.13. The summed E-state index contributed by atoms with van der Waals surface area (Å²) in [6.45, 7) is 6.21. The molecule has 0 aliphatic heterocycles. The first kappa shape index (κ1) is 21.6. The van der Waals surface area contributed by atoms with Gasteiger partial charge in [-0.15, -0.1) is 0 Å². The summed E-state index contributed by atoms with van der Waals surface area (Å²) in [7, 11) is 1.53. The van der Waals surface area contributed by atoms with Crippen LogP contribution in [0.4, 0.5) is 0 Å². The van der Waals surface area contributed by atoms with Gasteiger partial charge in [0, 0.05) is 30.7 Å². The van der Waals surface area contributed by atoms with E-state index in [-0.39, 0.29) is 5.91 Å². The van der Waals surface area contributed by atoms with E-state index in [0.29, 0.717) is 11.3 Å². The fraction of sp³-hybridized carbons (Fsp3) is 0.182. The molecule has 7 heteroatoms. The van der Waals surface area contributed by atoms with Crippen LogP contribution in [-0.4, -0.2) is 23.8 Å². The van der Waals surface area contributed by atoms with Gasteiger partial charge in [0.2, 0.25) is 0 Å². The highest BCUT2D eigenvalue weighted by Gasteiger charge is 2.13. The molecule has 1 heterocycles. The van der Waals surface area contributed by atoms with E-state index in [4.69, 9.17) is 4.74 Å². The van der Waals surface area contributed by atoms with Crippen LogP contribution in [0.15, 0.2) is 52.0 Å². The molecular weight excluding hydrogens is 545 g/mol. The van der Waals surface area contributed by atoms with Crippen molar-refractivity contribution >= 4 is 50.6 Å². The van der Waals surface area contributed by atoms with Crippen LogP contribution < -0.4 is 10.2 Å². The van der Waals surface area contributed by atoms with Crippen molar-refractivity contribution in [3.63, 3.8) is 0 Å². The predicted octanol–water partition coefficient (Wildman–Crippen LogP) is 5.54. The number of carbonyl (C=O) groups is 1. The fourth-order valence-corrected chi connectivity index (χ4v) is 3.86. The van der Waals surface area contributed by atoms with Crippen molar-refractivity contribution in [3.05, 3.63) is 78.6 Å². The molecule has 0 atom stereocenters. The average Bonchev–Trinajstić information content (AvgIpc) is 2.97. The highest BCUT2D eigenvalue weighted by atomic mass is 127. The number of methoxy groups -OCH3 is 1. The van der Waals surface area contributed by atoms with Crippen molar-refractivity contribution in [2.75, 3.05) is 7.11 Å². The second-order valence-electron chi connectivity index (χ2n) is 6.64. The Balaban J connectivity index is 1.82. The Kier molecular flexibility index (Phi) is 6.79. The molecule has 1 N–H and O–H groups in total. The van der Waals surface area contributed by atoms with E-state index >= 15 is 0 Å². The zero-order valence-corrected chi connectivity index (χ0v) is 20.3. The van der Waals surface area contributed by atoms with Gasteiger partial charge in [-0.05, 0) is 91.4 Å². The van der Waals surface area contributed by atoms with Crippen LogP contribution in [0.5, 0.6) is 5.75 Å². The Bertz CT molecular complexity index is 1110. The van der Waals surface area contributed by atoms with Gasteiger partial charge in [0.1, 0.15) is 5.75 Å². The van der Waals surface area contributed by atoms with Crippen molar-refractivity contribution in [3.8, 4) is 11.4 Å². The number of nitrogens with zero attached hydrogens (tertiary/aromatic N) is 2. The van der Waals surface area contributed by atoms with Gasteiger partial charge in [-0.2, -0.15) is 5.10 Å². The lowest BCUT2D eigenvalue weighted by Crippen LogP contribution is -2.18. The number of carbonyl (C=O) groups excluding carboxylic acids is 1. The summed E-state index contributed by atoms with van der Waals surface area (Å²) in [6.07, 6.45) is 1.67. The summed E-state index contributed by atoms with van der Waals surface area (Å²) >= 11 is 5.71. The third-order valence-electron chi connectivity index (χ3n) is 4.65.